The highest BCUT2D eigenvalue weighted by Crippen LogP contribution is 2.26. The van der Waals surface area contributed by atoms with Crippen LogP contribution in [0, 0.1) is 5.92 Å². The second-order valence-electron chi connectivity index (χ2n) is 8.13. The van der Waals surface area contributed by atoms with E-state index in [9.17, 15) is 8.42 Å². The van der Waals surface area contributed by atoms with Gasteiger partial charge in [-0.25, -0.2) is 13.4 Å². The van der Waals surface area contributed by atoms with Crippen LogP contribution >= 0.6 is 0 Å². The molecule has 0 unspecified atom stereocenters. The molecule has 2 aliphatic rings. The standard InChI is InChI=1S/C22H25N3O2S/c26-28(27)12-10-17(15-28)13-22-23-20-7-3-4-8-21(20)25(22)16-24-11-9-18-5-1-2-6-19(18)14-24/h1-8,17H,9-16H2/t17-/m1/s1. The van der Waals surface area contributed by atoms with Gasteiger partial charge in [-0.05, 0) is 42.0 Å². The van der Waals surface area contributed by atoms with Gasteiger partial charge >= 0.3 is 0 Å². The summed E-state index contributed by atoms with van der Waals surface area (Å²) in [5.41, 5.74) is 4.99. The van der Waals surface area contributed by atoms with E-state index in [4.69, 9.17) is 4.98 Å². The minimum Gasteiger partial charge on any atom is -0.314 e. The van der Waals surface area contributed by atoms with Crippen LogP contribution in [0.3, 0.4) is 0 Å². The van der Waals surface area contributed by atoms with Crippen LogP contribution in [0.1, 0.15) is 23.4 Å². The van der Waals surface area contributed by atoms with E-state index in [0.717, 1.165) is 55.9 Å². The molecular formula is C22H25N3O2S. The molecule has 1 aromatic heterocycles. The molecule has 3 heterocycles. The Hall–Kier alpha value is -2.18. The summed E-state index contributed by atoms with van der Waals surface area (Å²) in [7, 11) is -2.87. The van der Waals surface area contributed by atoms with Crippen molar-refractivity contribution < 1.29 is 8.42 Å². The zero-order valence-corrected chi connectivity index (χ0v) is 16.7. The first-order valence-corrected chi connectivity index (χ1v) is 11.8. The zero-order chi connectivity index (χ0) is 19.1. The lowest BCUT2D eigenvalue weighted by molar-refractivity contribution is 0.199. The fraction of sp³-hybridized carbons (Fsp3) is 0.409. The van der Waals surface area contributed by atoms with Crippen LogP contribution in [-0.4, -0.2) is 40.9 Å². The van der Waals surface area contributed by atoms with Crippen molar-refractivity contribution >= 4 is 20.9 Å². The number of imidazole rings is 1. The van der Waals surface area contributed by atoms with Gasteiger partial charge in [-0.2, -0.15) is 0 Å². The number of nitrogens with zero attached hydrogens (tertiary/aromatic N) is 3. The van der Waals surface area contributed by atoms with E-state index in [0.29, 0.717) is 11.5 Å². The molecule has 2 aliphatic heterocycles. The summed E-state index contributed by atoms with van der Waals surface area (Å²) >= 11 is 0. The number of rotatable bonds is 4. The quantitative estimate of drug-likeness (QED) is 0.681. The molecule has 1 fully saturated rings. The van der Waals surface area contributed by atoms with Gasteiger partial charge < -0.3 is 4.57 Å². The summed E-state index contributed by atoms with van der Waals surface area (Å²) in [4.78, 5) is 7.34. The molecule has 0 amide bonds. The highest BCUT2D eigenvalue weighted by Gasteiger charge is 2.29. The maximum absolute atomic E-state index is 11.9. The number of fused-ring (bicyclic) bond motifs is 2. The molecule has 1 saturated heterocycles. The highest BCUT2D eigenvalue weighted by molar-refractivity contribution is 7.91. The van der Waals surface area contributed by atoms with Crippen molar-refractivity contribution in [3.05, 3.63) is 65.5 Å². The molecular weight excluding hydrogens is 370 g/mol. The Morgan fingerprint density at radius 2 is 1.82 bits per heavy atom. The Kier molecular flexibility index (Phi) is 4.48. The van der Waals surface area contributed by atoms with Gasteiger partial charge in [0, 0.05) is 19.5 Å². The van der Waals surface area contributed by atoms with E-state index in [-0.39, 0.29) is 5.92 Å². The van der Waals surface area contributed by atoms with Crippen molar-refractivity contribution in [2.75, 3.05) is 18.1 Å². The molecule has 3 aromatic rings. The Bertz CT molecular complexity index is 1120. The van der Waals surface area contributed by atoms with Gasteiger partial charge in [0.05, 0.1) is 29.2 Å². The minimum atomic E-state index is -2.87. The summed E-state index contributed by atoms with van der Waals surface area (Å²) in [6.07, 6.45) is 2.56. The van der Waals surface area contributed by atoms with Gasteiger partial charge in [0.25, 0.3) is 0 Å². The van der Waals surface area contributed by atoms with Crippen LogP contribution in [0.4, 0.5) is 0 Å². The SMILES string of the molecule is O=S1(=O)CC[C@H](Cc2nc3ccccc3n2CN2CCc3ccccc3C2)C1. The smallest absolute Gasteiger partial charge is 0.150 e. The fourth-order valence-corrected chi connectivity index (χ4v) is 6.47. The molecule has 0 radical (unpaired) electrons. The van der Waals surface area contributed by atoms with Crippen LogP contribution in [0.5, 0.6) is 0 Å². The number of para-hydroxylation sites is 2. The van der Waals surface area contributed by atoms with Crippen LogP contribution < -0.4 is 0 Å². The number of hydrogen-bond acceptors (Lipinski definition) is 4. The van der Waals surface area contributed by atoms with E-state index in [1.54, 1.807) is 0 Å². The first-order valence-electron chi connectivity index (χ1n) is 10.0. The Morgan fingerprint density at radius 1 is 1.04 bits per heavy atom. The first-order chi connectivity index (χ1) is 13.6. The van der Waals surface area contributed by atoms with E-state index < -0.39 is 9.84 Å². The Labute approximate surface area is 165 Å². The van der Waals surface area contributed by atoms with Crippen molar-refractivity contribution in [2.24, 2.45) is 5.92 Å². The third-order valence-electron chi connectivity index (χ3n) is 6.08. The normalized spacial score (nSPS) is 21.8. The minimum absolute atomic E-state index is 0.183. The van der Waals surface area contributed by atoms with Crippen LogP contribution in [0.15, 0.2) is 48.5 Å². The lowest BCUT2D eigenvalue weighted by Gasteiger charge is -2.29. The topological polar surface area (TPSA) is 55.2 Å². The lowest BCUT2D eigenvalue weighted by Crippen LogP contribution is -2.33. The van der Waals surface area contributed by atoms with E-state index in [1.807, 2.05) is 12.1 Å². The number of sulfone groups is 1. The second-order valence-corrected chi connectivity index (χ2v) is 10.4. The van der Waals surface area contributed by atoms with E-state index >= 15 is 0 Å². The molecule has 0 aliphatic carbocycles. The molecule has 28 heavy (non-hydrogen) atoms. The summed E-state index contributed by atoms with van der Waals surface area (Å²) in [6.45, 7) is 2.77. The molecule has 5 nitrogen and oxygen atoms in total. The van der Waals surface area contributed by atoms with Crippen LogP contribution in [0.25, 0.3) is 11.0 Å². The highest BCUT2D eigenvalue weighted by atomic mass is 32.2. The van der Waals surface area contributed by atoms with Gasteiger partial charge in [-0.15, -0.1) is 0 Å². The van der Waals surface area contributed by atoms with Crippen molar-refractivity contribution in [3.8, 4) is 0 Å². The molecule has 5 rings (SSSR count). The van der Waals surface area contributed by atoms with Crippen molar-refractivity contribution in [3.63, 3.8) is 0 Å². The molecule has 0 N–H and O–H groups in total. The van der Waals surface area contributed by atoms with Crippen LogP contribution in [0.2, 0.25) is 0 Å². The van der Waals surface area contributed by atoms with Crippen molar-refractivity contribution in [1.29, 1.82) is 0 Å². The van der Waals surface area contributed by atoms with E-state index in [1.165, 1.54) is 11.1 Å². The van der Waals surface area contributed by atoms with Gasteiger partial charge in [0.1, 0.15) is 5.82 Å². The molecule has 6 heteroatoms. The molecule has 2 aromatic carbocycles. The van der Waals surface area contributed by atoms with E-state index in [2.05, 4.69) is 45.9 Å². The third-order valence-corrected chi connectivity index (χ3v) is 7.92. The maximum atomic E-state index is 11.9. The number of aromatic nitrogens is 2. The molecule has 0 saturated carbocycles. The monoisotopic (exact) mass is 395 g/mol. The summed E-state index contributed by atoms with van der Waals surface area (Å²) < 4.78 is 26.1. The number of hydrogen-bond donors (Lipinski definition) is 0. The Morgan fingerprint density at radius 3 is 2.64 bits per heavy atom. The average Bonchev–Trinajstić information content (AvgIpc) is 3.21. The second kappa shape index (κ2) is 7.01. The van der Waals surface area contributed by atoms with Gasteiger partial charge in [-0.3, -0.25) is 4.90 Å². The lowest BCUT2D eigenvalue weighted by atomic mass is 10.0. The number of benzene rings is 2. The first kappa shape index (κ1) is 17.9. The predicted octanol–water partition coefficient (Wildman–Crippen LogP) is 3.03. The van der Waals surface area contributed by atoms with Gasteiger partial charge in [-0.1, -0.05) is 36.4 Å². The van der Waals surface area contributed by atoms with Crippen molar-refractivity contribution in [2.45, 2.75) is 32.5 Å². The Balaban J connectivity index is 1.43. The average molecular weight is 396 g/mol. The summed E-state index contributed by atoms with van der Waals surface area (Å²) in [6, 6.07) is 16.9. The fourth-order valence-electron chi connectivity index (χ4n) is 4.61. The van der Waals surface area contributed by atoms with Crippen LogP contribution in [-0.2, 0) is 35.9 Å². The molecule has 0 bridgehead atoms. The third kappa shape index (κ3) is 3.47. The maximum Gasteiger partial charge on any atom is 0.150 e. The summed E-state index contributed by atoms with van der Waals surface area (Å²) in [5, 5.41) is 0. The van der Waals surface area contributed by atoms with Crippen molar-refractivity contribution in [1.82, 2.24) is 14.5 Å². The van der Waals surface area contributed by atoms with Gasteiger partial charge in [0.2, 0.25) is 0 Å². The largest absolute Gasteiger partial charge is 0.314 e. The zero-order valence-electron chi connectivity index (χ0n) is 15.9. The molecule has 146 valence electrons. The molecule has 0 spiro atoms. The molecule has 1 atom stereocenters. The predicted molar refractivity (Wildman–Crippen MR) is 111 cm³/mol. The van der Waals surface area contributed by atoms with Gasteiger partial charge in [0.15, 0.2) is 9.84 Å². The summed E-state index contributed by atoms with van der Waals surface area (Å²) in [5.74, 6) is 1.82.